The Kier molecular flexibility index (Phi) is 3.34. The summed E-state index contributed by atoms with van der Waals surface area (Å²) in [6.07, 6.45) is 0. The molecule has 2 aromatic heterocycles. The fourth-order valence-electron chi connectivity index (χ4n) is 4.11. The Bertz CT molecular complexity index is 1540. The van der Waals surface area contributed by atoms with Crippen molar-refractivity contribution in [2.45, 2.75) is 0 Å². The number of fused-ring (bicyclic) bond motifs is 7. The molecule has 6 aromatic rings. The van der Waals surface area contributed by atoms with Gasteiger partial charge in [0.05, 0.1) is 5.52 Å². The first-order chi connectivity index (χ1) is 13.7. The van der Waals surface area contributed by atoms with Crippen molar-refractivity contribution in [1.82, 2.24) is 4.98 Å². The smallest absolute Gasteiger partial charge is 0.131 e. The molecule has 0 amide bonds. The van der Waals surface area contributed by atoms with Gasteiger partial charge in [-0.1, -0.05) is 48.0 Å². The van der Waals surface area contributed by atoms with Gasteiger partial charge in [-0.15, -0.1) is 11.3 Å². The molecule has 4 heteroatoms. The highest BCUT2D eigenvalue weighted by molar-refractivity contribution is 7.26. The molecule has 0 saturated carbocycles. The highest BCUT2D eigenvalue weighted by Crippen LogP contribution is 2.45. The number of halogens is 2. The van der Waals surface area contributed by atoms with E-state index in [9.17, 15) is 4.39 Å². The summed E-state index contributed by atoms with van der Waals surface area (Å²) in [5.74, 6) is -0.275. The van der Waals surface area contributed by atoms with Crippen LogP contribution in [-0.4, -0.2) is 4.98 Å². The maximum absolute atomic E-state index is 14.8. The Labute approximate surface area is 169 Å². The topological polar surface area (TPSA) is 15.8 Å². The second-order valence-electron chi connectivity index (χ2n) is 6.94. The molecule has 1 N–H and O–H groups in total. The molecule has 0 aliphatic carbocycles. The van der Waals surface area contributed by atoms with Crippen molar-refractivity contribution in [2.75, 3.05) is 0 Å². The van der Waals surface area contributed by atoms with E-state index in [1.165, 1.54) is 20.9 Å². The van der Waals surface area contributed by atoms with E-state index in [4.69, 9.17) is 11.6 Å². The Morgan fingerprint density at radius 3 is 2.46 bits per heavy atom. The number of nitrogens with one attached hydrogen (secondary N) is 1. The van der Waals surface area contributed by atoms with Crippen molar-refractivity contribution >= 4 is 64.9 Å². The maximum Gasteiger partial charge on any atom is 0.131 e. The van der Waals surface area contributed by atoms with E-state index in [-0.39, 0.29) is 5.82 Å². The van der Waals surface area contributed by atoms with E-state index in [0.717, 1.165) is 32.8 Å². The molecule has 0 atom stereocenters. The lowest BCUT2D eigenvalue weighted by molar-refractivity contribution is 0.631. The van der Waals surface area contributed by atoms with Crippen molar-refractivity contribution in [2.24, 2.45) is 0 Å². The van der Waals surface area contributed by atoms with Gasteiger partial charge in [0.15, 0.2) is 0 Å². The highest BCUT2D eigenvalue weighted by atomic mass is 35.5. The molecule has 4 aromatic carbocycles. The van der Waals surface area contributed by atoms with E-state index in [1.54, 1.807) is 23.5 Å². The molecule has 28 heavy (non-hydrogen) atoms. The van der Waals surface area contributed by atoms with Crippen LogP contribution < -0.4 is 0 Å². The Hall–Kier alpha value is -2.88. The van der Waals surface area contributed by atoms with Gasteiger partial charge in [-0.3, -0.25) is 0 Å². The summed E-state index contributed by atoms with van der Waals surface area (Å²) in [5.41, 5.74) is 3.34. The zero-order chi connectivity index (χ0) is 18.8. The first-order valence-electron chi connectivity index (χ1n) is 9.01. The van der Waals surface area contributed by atoms with E-state index >= 15 is 0 Å². The summed E-state index contributed by atoms with van der Waals surface area (Å²) in [6.45, 7) is 0. The lowest BCUT2D eigenvalue weighted by Crippen LogP contribution is -1.87. The Morgan fingerprint density at radius 2 is 1.57 bits per heavy atom. The number of hydrogen-bond acceptors (Lipinski definition) is 1. The minimum atomic E-state index is -0.275. The third-order valence-electron chi connectivity index (χ3n) is 5.34. The lowest BCUT2D eigenvalue weighted by Gasteiger charge is -2.08. The monoisotopic (exact) mass is 401 g/mol. The SMILES string of the molecule is Fc1ccc(Cl)cc1-c1cc2c3ccccc3sc2c2c1[nH]c1ccccc12. The number of hydrogen-bond donors (Lipinski definition) is 1. The minimum Gasteiger partial charge on any atom is -0.354 e. The Morgan fingerprint density at radius 1 is 0.786 bits per heavy atom. The van der Waals surface area contributed by atoms with E-state index in [1.807, 2.05) is 18.2 Å². The number of para-hydroxylation sites is 1. The number of rotatable bonds is 1. The van der Waals surface area contributed by atoms with Gasteiger partial charge in [0.2, 0.25) is 0 Å². The van der Waals surface area contributed by atoms with E-state index < -0.39 is 0 Å². The van der Waals surface area contributed by atoms with Gasteiger partial charge in [-0.2, -0.15) is 0 Å². The standard InChI is InChI=1S/C24H13ClFNS/c25-13-9-10-19(26)16(11-13)17-12-18-14-5-2-4-8-21(14)28-24(18)22-15-6-1-3-7-20(15)27-23(17)22/h1-12,27H. The molecule has 2 heterocycles. The maximum atomic E-state index is 14.8. The lowest BCUT2D eigenvalue weighted by atomic mass is 9.98. The van der Waals surface area contributed by atoms with Crippen LogP contribution in [0, 0.1) is 5.82 Å². The molecule has 1 nitrogen and oxygen atoms in total. The molecule has 0 saturated heterocycles. The Balaban J connectivity index is 1.90. The van der Waals surface area contributed by atoms with Crippen LogP contribution in [0.5, 0.6) is 0 Å². The molecule has 0 aliphatic heterocycles. The summed E-state index contributed by atoms with van der Waals surface area (Å²) < 4.78 is 17.3. The number of benzene rings is 4. The van der Waals surface area contributed by atoms with Crippen LogP contribution in [0.15, 0.2) is 72.8 Å². The number of thiophene rings is 1. The molecule has 6 rings (SSSR count). The zero-order valence-corrected chi connectivity index (χ0v) is 16.2. The first kappa shape index (κ1) is 16.1. The third kappa shape index (κ3) is 2.17. The molecular formula is C24H13ClFNS. The normalized spacial score (nSPS) is 11.9. The van der Waals surface area contributed by atoms with Crippen LogP contribution in [0.2, 0.25) is 5.02 Å². The van der Waals surface area contributed by atoms with Crippen molar-refractivity contribution in [3.8, 4) is 11.1 Å². The zero-order valence-electron chi connectivity index (χ0n) is 14.6. The minimum absolute atomic E-state index is 0.275. The second kappa shape index (κ2) is 5.81. The van der Waals surface area contributed by atoms with Gasteiger partial charge >= 0.3 is 0 Å². The van der Waals surface area contributed by atoms with Crippen molar-refractivity contribution < 1.29 is 4.39 Å². The first-order valence-corrected chi connectivity index (χ1v) is 10.2. The summed E-state index contributed by atoms with van der Waals surface area (Å²) in [7, 11) is 0. The predicted octanol–water partition coefficient (Wildman–Crippen LogP) is 8.15. The van der Waals surface area contributed by atoms with Gasteiger partial charge in [0, 0.05) is 52.6 Å². The molecule has 0 fully saturated rings. The predicted molar refractivity (Wildman–Crippen MR) is 119 cm³/mol. The molecule has 0 unspecified atom stereocenters. The van der Waals surface area contributed by atoms with E-state index in [2.05, 4.69) is 41.4 Å². The quantitative estimate of drug-likeness (QED) is 0.286. The summed E-state index contributed by atoms with van der Waals surface area (Å²) in [5, 5.41) is 5.16. The van der Waals surface area contributed by atoms with Gasteiger partial charge in [-0.25, -0.2) is 4.39 Å². The molecule has 0 spiro atoms. The molecular weight excluding hydrogens is 389 g/mol. The van der Waals surface area contributed by atoms with Gasteiger partial charge in [-0.05, 0) is 36.4 Å². The number of H-pyrrole nitrogens is 1. The molecule has 134 valence electrons. The van der Waals surface area contributed by atoms with Crippen LogP contribution in [0.25, 0.3) is 53.1 Å². The fraction of sp³-hybridized carbons (Fsp3) is 0. The van der Waals surface area contributed by atoms with Gasteiger partial charge in [0.1, 0.15) is 5.82 Å². The third-order valence-corrected chi connectivity index (χ3v) is 6.78. The van der Waals surface area contributed by atoms with Crippen LogP contribution in [-0.2, 0) is 0 Å². The van der Waals surface area contributed by atoms with Crippen molar-refractivity contribution in [3.63, 3.8) is 0 Å². The highest BCUT2D eigenvalue weighted by Gasteiger charge is 2.19. The summed E-state index contributed by atoms with van der Waals surface area (Å²) in [6, 6.07) is 23.4. The average molecular weight is 402 g/mol. The van der Waals surface area contributed by atoms with Gasteiger partial charge in [0.25, 0.3) is 0 Å². The van der Waals surface area contributed by atoms with Crippen molar-refractivity contribution in [1.29, 1.82) is 0 Å². The van der Waals surface area contributed by atoms with Crippen molar-refractivity contribution in [3.05, 3.63) is 83.6 Å². The number of aromatic nitrogens is 1. The average Bonchev–Trinajstić information content (AvgIpc) is 3.27. The summed E-state index contributed by atoms with van der Waals surface area (Å²) >= 11 is 8.00. The second-order valence-corrected chi connectivity index (χ2v) is 8.43. The number of aromatic amines is 1. The largest absolute Gasteiger partial charge is 0.354 e. The molecule has 0 aliphatic rings. The molecule has 0 bridgehead atoms. The van der Waals surface area contributed by atoms with Crippen LogP contribution in [0.1, 0.15) is 0 Å². The van der Waals surface area contributed by atoms with Crippen LogP contribution >= 0.6 is 22.9 Å². The summed E-state index contributed by atoms with van der Waals surface area (Å²) in [4.78, 5) is 3.53. The van der Waals surface area contributed by atoms with E-state index in [0.29, 0.717) is 10.6 Å². The van der Waals surface area contributed by atoms with Gasteiger partial charge < -0.3 is 4.98 Å². The van der Waals surface area contributed by atoms with Crippen LogP contribution in [0.4, 0.5) is 4.39 Å². The molecule has 0 radical (unpaired) electrons. The van der Waals surface area contributed by atoms with Crippen LogP contribution in [0.3, 0.4) is 0 Å². The fourth-order valence-corrected chi connectivity index (χ4v) is 5.53.